The van der Waals surface area contributed by atoms with E-state index in [-0.39, 0.29) is 11.8 Å². The Balaban J connectivity index is 1.81. The molecule has 0 aromatic carbocycles. The molecule has 0 N–H and O–H groups in total. The van der Waals surface area contributed by atoms with E-state index in [4.69, 9.17) is 18.9 Å². The maximum atomic E-state index is 12.0. The molecule has 124 valence electrons. The highest BCUT2D eigenvalue weighted by Crippen LogP contribution is 2.64. The van der Waals surface area contributed by atoms with E-state index in [9.17, 15) is 9.59 Å². The molecule has 0 radical (unpaired) electrons. The largest absolute Gasteiger partial charge is 0.497 e. The lowest BCUT2D eigenvalue weighted by molar-refractivity contribution is -0.301. The van der Waals surface area contributed by atoms with Gasteiger partial charge in [-0.25, -0.2) is 9.59 Å². The van der Waals surface area contributed by atoms with Crippen LogP contribution in [-0.2, 0) is 28.5 Å². The second kappa shape index (κ2) is 4.76. The summed E-state index contributed by atoms with van der Waals surface area (Å²) in [6, 6.07) is 0. The van der Waals surface area contributed by atoms with Gasteiger partial charge in [0.2, 0.25) is 0 Å². The van der Waals surface area contributed by atoms with Crippen molar-refractivity contribution in [2.75, 3.05) is 13.2 Å². The van der Waals surface area contributed by atoms with Crippen LogP contribution in [0.25, 0.3) is 0 Å². The van der Waals surface area contributed by atoms with E-state index in [1.54, 1.807) is 13.8 Å². The topological polar surface area (TPSA) is 71.1 Å². The molecule has 0 spiro atoms. The maximum Gasteiger partial charge on any atom is 0.334 e. The summed E-state index contributed by atoms with van der Waals surface area (Å²) in [5, 5.41) is 0. The van der Waals surface area contributed by atoms with Crippen molar-refractivity contribution in [3.05, 3.63) is 23.7 Å². The number of hydrogen-bond donors (Lipinski definition) is 0. The first-order valence-corrected chi connectivity index (χ1v) is 8.10. The highest BCUT2D eigenvalue weighted by molar-refractivity contribution is 5.87. The molecule has 4 rings (SSSR count). The van der Waals surface area contributed by atoms with Gasteiger partial charge in [-0.2, -0.15) is 0 Å². The Bertz CT molecular complexity index is 581. The van der Waals surface area contributed by atoms with Gasteiger partial charge in [0.05, 0.1) is 37.2 Å². The van der Waals surface area contributed by atoms with E-state index >= 15 is 0 Å². The first-order valence-electron chi connectivity index (χ1n) is 8.10. The zero-order valence-electron chi connectivity index (χ0n) is 13.3. The molecular weight excluding hydrogens is 300 g/mol. The van der Waals surface area contributed by atoms with Crippen LogP contribution < -0.4 is 0 Å². The van der Waals surface area contributed by atoms with Gasteiger partial charge in [-0.3, -0.25) is 0 Å². The van der Waals surface area contributed by atoms with E-state index in [1.807, 2.05) is 0 Å². The Morgan fingerprint density at radius 2 is 1.26 bits per heavy atom. The summed E-state index contributed by atoms with van der Waals surface area (Å²) in [6.45, 7) is 4.73. The minimum atomic E-state index is -0.939. The quantitative estimate of drug-likeness (QED) is 0.634. The van der Waals surface area contributed by atoms with Crippen molar-refractivity contribution in [1.82, 2.24) is 0 Å². The smallest absolute Gasteiger partial charge is 0.334 e. The minimum absolute atomic E-state index is 0.192. The number of ether oxygens (including phenoxy) is 4. The van der Waals surface area contributed by atoms with Crippen LogP contribution in [0.1, 0.15) is 33.1 Å². The normalized spacial score (nSPS) is 42.2. The van der Waals surface area contributed by atoms with Crippen LogP contribution in [-0.4, -0.2) is 36.4 Å². The number of rotatable bonds is 0. The Morgan fingerprint density at radius 1 is 0.826 bits per heavy atom. The number of carbonyl (C=O) groups excluding carboxylic acids is 2. The van der Waals surface area contributed by atoms with Crippen molar-refractivity contribution in [3.8, 4) is 0 Å². The molecule has 2 fully saturated rings. The second-order valence-electron chi connectivity index (χ2n) is 6.86. The number of esters is 2. The molecule has 0 amide bonds. The van der Waals surface area contributed by atoms with E-state index in [0.717, 1.165) is 19.3 Å². The Labute approximate surface area is 134 Å². The third-order valence-corrected chi connectivity index (χ3v) is 5.59. The Kier molecular flexibility index (Phi) is 3.02. The average molecular weight is 320 g/mol. The zero-order chi connectivity index (χ0) is 16.2. The molecule has 3 heterocycles. The molecule has 4 atom stereocenters. The van der Waals surface area contributed by atoms with Crippen molar-refractivity contribution >= 4 is 11.9 Å². The predicted octanol–water partition coefficient (Wildman–Crippen LogP) is 1.85. The minimum Gasteiger partial charge on any atom is -0.497 e. The van der Waals surface area contributed by atoms with Crippen LogP contribution in [0.5, 0.6) is 0 Å². The van der Waals surface area contributed by atoms with E-state index in [1.165, 1.54) is 12.2 Å². The maximum absolute atomic E-state index is 12.0. The summed E-state index contributed by atoms with van der Waals surface area (Å²) in [7, 11) is 0. The van der Waals surface area contributed by atoms with Crippen LogP contribution in [0.4, 0.5) is 0 Å². The number of fused-ring (bicyclic) bond motifs is 1. The van der Waals surface area contributed by atoms with Crippen LogP contribution in [0.3, 0.4) is 0 Å². The molecule has 6 heteroatoms. The molecule has 0 bridgehead atoms. The number of carbonyl (C=O) groups is 2. The van der Waals surface area contributed by atoms with E-state index in [2.05, 4.69) is 0 Å². The SMILES string of the molecule is C[C@]12OC(=O)C=C3OCCCCCOC4=CC(=O)O[C@]1(C)[C@H]4[C@@H]32. The molecule has 1 aliphatic carbocycles. The van der Waals surface area contributed by atoms with Crippen molar-refractivity contribution in [3.63, 3.8) is 0 Å². The monoisotopic (exact) mass is 320 g/mol. The summed E-state index contributed by atoms with van der Waals surface area (Å²) in [4.78, 5) is 24.0. The van der Waals surface area contributed by atoms with E-state index < -0.39 is 23.1 Å². The van der Waals surface area contributed by atoms with Gasteiger partial charge < -0.3 is 18.9 Å². The molecule has 3 aliphatic heterocycles. The molecule has 1 saturated carbocycles. The number of hydrogen-bond acceptors (Lipinski definition) is 6. The molecule has 1 saturated heterocycles. The Morgan fingerprint density at radius 3 is 1.70 bits per heavy atom. The first-order chi connectivity index (χ1) is 11.0. The van der Waals surface area contributed by atoms with Gasteiger partial charge in [0.15, 0.2) is 11.2 Å². The van der Waals surface area contributed by atoms with Crippen molar-refractivity contribution in [2.45, 2.75) is 44.3 Å². The van der Waals surface area contributed by atoms with Gasteiger partial charge in [0.25, 0.3) is 0 Å². The van der Waals surface area contributed by atoms with Crippen LogP contribution >= 0.6 is 0 Å². The molecule has 0 aromatic heterocycles. The van der Waals surface area contributed by atoms with Gasteiger partial charge >= 0.3 is 11.9 Å². The summed E-state index contributed by atoms with van der Waals surface area (Å²) < 4.78 is 23.0. The van der Waals surface area contributed by atoms with Crippen molar-refractivity contribution in [2.24, 2.45) is 11.8 Å². The summed E-state index contributed by atoms with van der Waals surface area (Å²) in [5.41, 5.74) is -1.88. The fraction of sp³-hybridized carbons (Fsp3) is 0.647. The van der Waals surface area contributed by atoms with Gasteiger partial charge in [-0.1, -0.05) is 0 Å². The summed E-state index contributed by atoms with van der Waals surface area (Å²) in [6.07, 6.45) is 5.60. The third-order valence-electron chi connectivity index (χ3n) is 5.59. The summed E-state index contributed by atoms with van der Waals surface area (Å²) >= 11 is 0. The lowest BCUT2D eigenvalue weighted by Crippen LogP contribution is -2.78. The predicted molar refractivity (Wildman–Crippen MR) is 77.9 cm³/mol. The third kappa shape index (κ3) is 1.87. The van der Waals surface area contributed by atoms with Gasteiger partial charge in [0, 0.05) is 0 Å². The van der Waals surface area contributed by atoms with Gasteiger partial charge in [-0.05, 0) is 33.1 Å². The lowest BCUT2D eigenvalue weighted by atomic mass is 9.48. The van der Waals surface area contributed by atoms with E-state index in [0.29, 0.717) is 24.7 Å². The lowest BCUT2D eigenvalue weighted by Gasteiger charge is -2.65. The average Bonchev–Trinajstić information content (AvgIpc) is 2.50. The highest BCUT2D eigenvalue weighted by atomic mass is 16.6. The molecule has 4 aliphatic rings. The van der Waals surface area contributed by atoms with Crippen LogP contribution in [0.2, 0.25) is 0 Å². The van der Waals surface area contributed by atoms with Gasteiger partial charge in [0.1, 0.15) is 11.5 Å². The Hall–Kier alpha value is -1.98. The standard InChI is InChI=1S/C17H20O6/c1-16-14-10(8-12(18)22-16)20-6-4-3-5-7-21-11-9-13(19)23-17(16,2)15(11)14/h8-9,14-15H,3-7H2,1-2H3/t14-,15-,16-,17-/m1/s1. The first kappa shape index (κ1) is 14.6. The van der Waals surface area contributed by atoms with Crippen molar-refractivity contribution < 1.29 is 28.5 Å². The molecule has 23 heavy (non-hydrogen) atoms. The van der Waals surface area contributed by atoms with Gasteiger partial charge in [-0.15, -0.1) is 0 Å². The fourth-order valence-corrected chi connectivity index (χ4v) is 4.27. The molecule has 6 nitrogen and oxygen atoms in total. The van der Waals surface area contributed by atoms with Crippen molar-refractivity contribution in [1.29, 1.82) is 0 Å². The zero-order valence-corrected chi connectivity index (χ0v) is 13.3. The fourth-order valence-electron chi connectivity index (χ4n) is 4.27. The molecule has 0 aromatic rings. The van der Waals surface area contributed by atoms with Crippen LogP contribution in [0.15, 0.2) is 23.7 Å². The molecular formula is C17H20O6. The molecule has 0 unspecified atom stereocenters. The second-order valence-corrected chi connectivity index (χ2v) is 6.86. The van der Waals surface area contributed by atoms with Crippen LogP contribution in [0, 0.1) is 11.8 Å². The highest BCUT2D eigenvalue weighted by Gasteiger charge is 2.77. The summed E-state index contributed by atoms with van der Waals surface area (Å²) in [5.74, 6) is -0.0748.